The molecule has 360 valence electrons. The minimum atomic E-state index is -0.307. The van der Waals surface area contributed by atoms with Crippen LogP contribution in [0.2, 0.25) is 0 Å². The molecular formula is C70H58N2O2. The highest BCUT2D eigenvalue weighted by molar-refractivity contribution is 6.30. The average molecular weight is 959 g/mol. The Hall–Kier alpha value is -7.30. The highest BCUT2D eigenvalue weighted by Gasteiger charge is 2.60. The molecule has 0 saturated heterocycles. The van der Waals surface area contributed by atoms with Gasteiger partial charge in [0.1, 0.15) is 0 Å². The van der Waals surface area contributed by atoms with Crippen molar-refractivity contribution in [2.24, 2.45) is 10.8 Å². The van der Waals surface area contributed by atoms with Gasteiger partial charge in [-0.2, -0.15) is 0 Å². The van der Waals surface area contributed by atoms with Gasteiger partial charge < -0.3 is 8.80 Å². The third-order valence-corrected chi connectivity index (χ3v) is 20.8. The molecule has 4 aromatic heterocycles. The van der Waals surface area contributed by atoms with Gasteiger partial charge in [-0.05, 0) is 172 Å². The standard InChI is InChI=1S/C70H58N2O2/c1-6-70(23-14-9-15-24-70)42-27-51-46-30-56-54(65(74)69(5)37-67(56,3)38-69)34-60(46)72-58-31-47-50-26-41(61-43(39-17-10-7-11-18-39)21-16-22-44(61)40-19-12-8-13-20-40)25-49-45-29-55-53(64(73)68(4)35-66(55,2)36-68)33-59(45)71(62(49)50)57(47)32-48(58)52(28-42)63(51)72/h7-8,10-13,16-22,25-34H,6,9,14-15,23-24,35-38H2,1-5H3. The van der Waals surface area contributed by atoms with Crippen molar-refractivity contribution in [3.05, 3.63) is 167 Å². The van der Waals surface area contributed by atoms with Crippen LogP contribution in [-0.2, 0) is 16.2 Å². The zero-order valence-electron chi connectivity index (χ0n) is 43.1. The lowest BCUT2D eigenvalue weighted by Crippen LogP contribution is -2.55. The van der Waals surface area contributed by atoms with Crippen LogP contribution in [0.5, 0.6) is 0 Å². The lowest BCUT2D eigenvalue weighted by Gasteiger charge is -2.57. The van der Waals surface area contributed by atoms with Gasteiger partial charge in [0.15, 0.2) is 11.6 Å². The number of aromatic nitrogens is 2. The number of hydrogen-bond acceptors (Lipinski definition) is 2. The van der Waals surface area contributed by atoms with Gasteiger partial charge in [-0.15, -0.1) is 0 Å². The van der Waals surface area contributed by atoms with E-state index in [4.69, 9.17) is 0 Å². The Morgan fingerprint density at radius 1 is 0.405 bits per heavy atom. The molecule has 0 amide bonds. The number of benzene rings is 8. The summed E-state index contributed by atoms with van der Waals surface area (Å²) in [6, 6.07) is 53.1. The Bertz CT molecular complexity index is 4470. The van der Waals surface area contributed by atoms with E-state index in [0.29, 0.717) is 11.6 Å². The molecule has 4 bridgehead atoms. The molecule has 74 heavy (non-hydrogen) atoms. The van der Waals surface area contributed by atoms with E-state index < -0.39 is 0 Å². The number of hydrogen-bond donors (Lipinski definition) is 0. The molecule has 0 radical (unpaired) electrons. The maximum atomic E-state index is 14.6. The molecule has 19 rings (SSSR count). The van der Waals surface area contributed by atoms with E-state index >= 15 is 0 Å². The Kier molecular flexibility index (Phi) is 7.68. The molecule has 3 saturated carbocycles. The highest BCUT2D eigenvalue weighted by Crippen LogP contribution is 2.64. The van der Waals surface area contributed by atoms with Gasteiger partial charge in [0.25, 0.3) is 0 Å². The number of carbonyl (C=O) groups is 2. The summed E-state index contributed by atoms with van der Waals surface area (Å²) in [5.74, 6) is 0.612. The molecule has 12 aromatic rings. The van der Waals surface area contributed by atoms with E-state index in [2.05, 4.69) is 183 Å². The van der Waals surface area contributed by atoms with Gasteiger partial charge in [-0.3, -0.25) is 9.59 Å². The summed E-state index contributed by atoms with van der Waals surface area (Å²) in [7, 11) is 0. The van der Waals surface area contributed by atoms with Crippen molar-refractivity contribution >= 4 is 87.8 Å². The first-order valence-corrected chi connectivity index (χ1v) is 27.7. The first-order chi connectivity index (χ1) is 35.8. The number of nitrogens with zero attached hydrogens (tertiary/aromatic N) is 2. The van der Waals surface area contributed by atoms with Crippen LogP contribution in [0.25, 0.3) is 110 Å². The lowest BCUT2D eigenvalue weighted by molar-refractivity contribution is 0.0279. The normalized spacial score (nSPS) is 25.0. The topological polar surface area (TPSA) is 43.0 Å². The van der Waals surface area contributed by atoms with Gasteiger partial charge in [-0.1, -0.05) is 133 Å². The van der Waals surface area contributed by atoms with Crippen molar-refractivity contribution in [1.82, 2.24) is 8.80 Å². The third-order valence-electron chi connectivity index (χ3n) is 20.8. The van der Waals surface area contributed by atoms with Crippen LogP contribution in [-0.4, -0.2) is 20.4 Å². The van der Waals surface area contributed by atoms with E-state index in [-0.39, 0.29) is 27.1 Å². The van der Waals surface area contributed by atoms with Crippen molar-refractivity contribution in [3.8, 4) is 33.4 Å². The van der Waals surface area contributed by atoms with E-state index in [1.807, 2.05) is 0 Å². The molecule has 0 atom stereocenters. The van der Waals surface area contributed by atoms with E-state index in [1.54, 1.807) is 0 Å². The number of ketones is 2. The summed E-state index contributed by atoms with van der Waals surface area (Å²) in [5, 5.41) is 10.0. The summed E-state index contributed by atoms with van der Waals surface area (Å²) in [6.45, 7) is 11.6. The molecule has 4 heterocycles. The second kappa shape index (κ2) is 13.5. The van der Waals surface area contributed by atoms with Gasteiger partial charge >= 0.3 is 0 Å². The SMILES string of the molecule is CCC1(c2cc3c4cc5c(cc4n4c6cc7c8cc(-c9c(-c%10ccccc%10)cccc9-c9ccccc9)cc9c%10cc%11c(cc%10n(c7cc6c(c2)c34)c98)C(=O)C2(C)CC%11(C)C2)C(=O)C2(C)CC5(C)C2)CCCCC1. The van der Waals surface area contributed by atoms with Crippen molar-refractivity contribution in [1.29, 1.82) is 0 Å². The van der Waals surface area contributed by atoms with Crippen molar-refractivity contribution in [3.63, 3.8) is 0 Å². The second-order valence-electron chi connectivity index (χ2n) is 25.5. The van der Waals surface area contributed by atoms with Crippen LogP contribution in [0.15, 0.2) is 140 Å². The zero-order valence-corrected chi connectivity index (χ0v) is 43.1. The molecule has 0 unspecified atom stereocenters. The van der Waals surface area contributed by atoms with Crippen LogP contribution in [0.1, 0.15) is 136 Å². The predicted molar refractivity (Wildman–Crippen MR) is 305 cm³/mol. The van der Waals surface area contributed by atoms with Gasteiger partial charge in [0.2, 0.25) is 0 Å². The van der Waals surface area contributed by atoms with Crippen molar-refractivity contribution in [2.45, 2.75) is 115 Å². The lowest BCUT2D eigenvalue weighted by atomic mass is 9.45. The summed E-state index contributed by atoms with van der Waals surface area (Å²) < 4.78 is 5.08. The maximum absolute atomic E-state index is 14.6. The first kappa shape index (κ1) is 42.1. The molecule has 0 spiro atoms. The molecule has 4 heteroatoms. The average Bonchev–Trinajstić information content (AvgIpc) is 4.22. The minimum Gasteiger partial charge on any atom is -0.308 e. The summed E-state index contributed by atoms with van der Waals surface area (Å²) >= 11 is 0. The molecule has 8 aromatic carbocycles. The minimum absolute atomic E-state index is 0.0176. The monoisotopic (exact) mass is 958 g/mol. The Balaban J connectivity index is 1.04. The Labute approximate surface area is 430 Å². The summed E-state index contributed by atoms with van der Waals surface area (Å²) in [6.07, 6.45) is 11.1. The smallest absolute Gasteiger partial charge is 0.169 e. The molecule has 3 fully saturated rings. The number of Topliss-reactive ketones (excluding diaryl/α,β-unsaturated/α-hetero) is 2. The van der Waals surface area contributed by atoms with E-state index in [1.165, 1.54) is 147 Å². The maximum Gasteiger partial charge on any atom is 0.169 e. The molecule has 7 aliphatic carbocycles. The number of carbonyl (C=O) groups excluding carboxylic acids is 2. The third kappa shape index (κ3) is 4.98. The van der Waals surface area contributed by atoms with E-state index in [0.717, 1.165) is 54.3 Å². The highest BCUT2D eigenvalue weighted by atomic mass is 16.1. The van der Waals surface area contributed by atoms with Crippen LogP contribution < -0.4 is 0 Å². The van der Waals surface area contributed by atoms with Crippen molar-refractivity contribution < 1.29 is 9.59 Å². The fourth-order valence-electron chi connectivity index (χ4n) is 17.8. The number of rotatable bonds is 5. The largest absolute Gasteiger partial charge is 0.308 e. The zero-order chi connectivity index (χ0) is 49.6. The van der Waals surface area contributed by atoms with Crippen LogP contribution in [0.4, 0.5) is 0 Å². The fraction of sp³-hybridized carbons (Fsp3) is 0.286. The van der Waals surface area contributed by atoms with Crippen LogP contribution in [0, 0.1) is 10.8 Å². The summed E-state index contributed by atoms with van der Waals surface area (Å²) in [5.41, 5.74) is 19.6. The predicted octanol–water partition coefficient (Wildman–Crippen LogP) is 18.1. The van der Waals surface area contributed by atoms with Crippen LogP contribution in [0.3, 0.4) is 0 Å². The van der Waals surface area contributed by atoms with Gasteiger partial charge in [-0.25, -0.2) is 0 Å². The molecule has 4 nitrogen and oxygen atoms in total. The van der Waals surface area contributed by atoms with Gasteiger partial charge in [0, 0.05) is 65.0 Å². The number of fused-ring (bicyclic) bond motifs is 12. The first-order valence-electron chi connectivity index (χ1n) is 27.7. The summed E-state index contributed by atoms with van der Waals surface area (Å²) in [4.78, 5) is 29.2. The molecule has 7 aliphatic rings. The molecule has 0 aliphatic heterocycles. The van der Waals surface area contributed by atoms with Crippen molar-refractivity contribution in [2.75, 3.05) is 0 Å². The molecule has 0 N–H and O–H groups in total. The molecular weight excluding hydrogens is 901 g/mol. The Morgan fingerprint density at radius 2 is 0.824 bits per heavy atom. The van der Waals surface area contributed by atoms with Gasteiger partial charge in [0.05, 0.1) is 33.1 Å². The second-order valence-corrected chi connectivity index (χ2v) is 25.5. The quantitative estimate of drug-likeness (QED) is 0.172. The van der Waals surface area contributed by atoms with Crippen LogP contribution >= 0.6 is 0 Å². The van der Waals surface area contributed by atoms with E-state index in [9.17, 15) is 9.59 Å². The fourth-order valence-corrected chi connectivity index (χ4v) is 17.8. The Morgan fingerprint density at radius 3 is 1.27 bits per heavy atom.